The van der Waals surface area contributed by atoms with Crippen LogP contribution in [0.4, 0.5) is 0 Å². The van der Waals surface area contributed by atoms with E-state index in [0.717, 1.165) is 19.6 Å². The molecule has 4 nitrogen and oxygen atoms in total. The summed E-state index contributed by atoms with van der Waals surface area (Å²) in [6.07, 6.45) is 3.76. The van der Waals surface area contributed by atoms with E-state index in [2.05, 4.69) is 17.0 Å². The molecule has 1 N–H and O–H groups in total. The molecule has 0 radical (unpaired) electrons. The molecule has 0 bridgehead atoms. The highest BCUT2D eigenvalue weighted by Gasteiger charge is 2.01. The second-order valence-corrected chi connectivity index (χ2v) is 4.17. The molecule has 0 aliphatic rings. The third-order valence-corrected chi connectivity index (χ3v) is 2.66. The molecule has 1 aromatic heterocycles. The third-order valence-electron chi connectivity index (χ3n) is 2.66. The van der Waals surface area contributed by atoms with Gasteiger partial charge in [0.25, 0.3) is 0 Å². The Bertz CT molecular complexity index is 436. The topological polar surface area (TPSA) is 41.3 Å². The van der Waals surface area contributed by atoms with Crippen molar-refractivity contribution in [3.63, 3.8) is 0 Å². The van der Waals surface area contributed by atoms with Crippen LogP contribution in [0.15, 0.2) is 42.7 Å². The molecule has 0 saturated carbocycles. The van der Waals surface area contributed by atoms with Crippen LogP contribution in [0.1, 0.15) is 5.56 Å². The first-order chi connectivity index (χ1) is 8.24. The summed E-state index contributed by atoms with van der Waals surface area (Å²) in [7, 11) is 2.08. The first-order valence-corrected chi connectivity index (χ1v) is 5.68. The normalized spacial score (nSPS) is 10.9. The number of phenolic OH excluding ortho intramolecular Hbond substituents is 1. The molecule has 2 aromatic rings. The first kappa shape index (κ1) is 11.7. The summed E-state index contributed by atoms with van der Waals surface area (Å²) >= 11 is 0. The van der Waals surface area contributed by atoms with Gasteiger partial charge in [0.05, 0.1) is 6.54 Å². The minimum atomic E-state index is 0.313. The van der Waals surface area contributed by atoms with Crippen molar-refractivity contribution in [2.75, 3.05) is 13.6 Å². The summed E-state index contributed by atoms with van der Waals surface area (Å²) in [5.41, 5.74) is 1.20. The molecule has 0 spiro atoms. The Morgan fingerprint density at radius 3 is 2.71 bits per heavy atom. The van der Waals surface area contributed by atoms with Gasteiger partial charge in [-0.1, -0.05) is 12.1 Å². The van der Waals surface area contributed by atoms with Crippen molar-refractivity contribution in [2.24, 2.45) is 0 Å². The van der Waals surface area contributed by atoms with E-state index in [0.29, 0.717) is 5.75 Å². The maximum absolute atomic E-state index is 9.19. The lowest BCUT2D eigenvalue weighted by atomic mass is 10.2. The van der Waals surface area contributed by atoms with Gasteiger partial charge < -0.3 is 10.0 Å². The summed E-state index contributed by atoms with van der Waals surface area (Å²) in [5.74, 6) is 0.313. The Morgan fingerprint density at radius 2 is 2.06 bits per heavy atom. The van der Waals surface area contributed by atoms with Crippen LogP contribution in [0.2, 0.25) is 0 Å². The summed E-state index contributed by atoms with van der Waals surface area (Å²) < 4.78 is 1.92. The van der Waals surface area contributed by atoms with E-state index in [1.807, 2.05) is 29.1 Å². The quantitative estimate of drug-likeness (QED) is 0.852. The molecule has 4 heteroatoms. The molecule has 0 fully saturated rings. The number of nitrogens with zero attached hydrogens (tertiary/aromatic N) is 3. The average Bonchev–Trinajstić information content (AvgIpc) is 2.83. The zero-order valence-corrected chi connectivity index (χ0v) is 9.95. The van der Waals surface area contributed by atoms with Crippen LogP contribution in [0.25, 0.3) is 0 Å². The lowest BCUT2D eigenvalue weighted by Crippen LogP contribution is -2.23. The number of benzene rings is 1. The smallest absolute Gasteiger partial charge is 0.115 e. The second-order valence-electron chi connectivity index (χ2n) is 4.17. The van der Waals surface area contributed by atoms with E-state index in [1.54, 1.807) is 18.3 Å². The monoisotopic (exact) mass is 231 g/mol. The molecular weight excluding hydrogens is 214 g/mol. The Kier molecular flexibility index (Phi) is 3.77. The van der Waals surface area contributed by atoms with Crippen molar-refractivity contribution in [1.29, 1.82) is 0 Å². The number of hydrogen-bond donors (Lipinski definition) is 1. The number of hydrogen-bond acceptors (Lipinski definition) is 3. The molecule has 0 aliphatic heterocycles. The number of aromatic hydroxyl groups is 1. The van der Waals surface area contributed by atoms with E-state index in [9.17, 15) is 5.11 Å². The van der Waals surface area contributed by atoms with Gasteiger partial charge in [0.1, 0.15) is 5.75 Å². The van der Waals surface area contributed by atoms with Gasteiger partial charge in [-0.15, -0.1) is 0 Å². The van der Waals surface area contributed by atoms with Crippen molar-refractivity contribution in [3.05, 3.63) is 48.3 Å². The van der Waals surface area contributed by atoms with Crippen molar-refractivity contribution in [2.45, 2.75) is 13.1 Å². The molecule has 1 heterocycles. The van der Waals surface area contributed by atoms with E-state index in [-0.39, 0.29) is 0 Å². The fraction of sp³-hybridized carbons (Fsp3) is 0.308. The van der Waals surface area contributed by atoms with Crippen LogP contribution in [-0.4, -0.2) is 33.4 Å². The summed E-state index contributed by atoms with van der Waals surface area (Å²) in [4.78, 5) is 2.23. The van der Waals surface area contributed by atoms with E-state index >= 15 is 0 Å². The predicted octanol–water partition coefficient (Wildman–Crippen LogP) is 1.72. The summed E-state index contributed by atoms with van der Waals surface area (Å²) in [6, 6.07) is 9.26. The van der Waals surface area contributed by atoms with Gasteiger partial charge in [0.2, 0.25) is 0 Å². The lowest BCUT2D eigenvalue weighted by Gasteiger charge is -2.16. The molecule has 17 heavy (non-hydrogen) atoms. The van der Waals surface area contributed by atoms with Crippen LogP contribution in [0.3, 0.4) is 0 Å². The van der Waals surface area contributed by atoms with E-state index in [1.165, 1.54) is 5.56 Å². The van der Waals surface area contributed by atoms with E-state index in [4.69, 9.17) is 0 Å². The van der Waals surface area contributed by atoms with Crippen molar-refractivity contribution in [1.82, 2.24) is 14.7 Å². The number of aromatic nitrogens is 2. The molecular formula is C13H17N3O. The molecule has 0 atom stereocenters. The zero-order valence-electron chi connectivity index (χ0n) is 9.95. The van der Waals surface area contributed by atoms with Crippen molar-refractivity contribution < 1.29 is 5.11 Å². The predicted molar refractivity (Wildman–Crippen MR) is 66.7 cm³/mol. The molecule has 0 saturated heterocycles. The van der Waals surface area contributed by atoms with Gasteiger partial charge in [-0.3, -0.25) is 4.68 Å². The Morgan fingerprint density at radius 1 is 1.29 bits per heavy atom. The standard InChI is InChI=1S/C13H17N3O/c1-15(9-10-16-8-2-7-14-16)11-12-3-5-13(17)6-4-12/h2-8,17H,9-11H2,1H3. The highest BCUT2D eigenvalue weighted by atomic mass is 16.3. The van der Waals surface area contributed by atoms with Crippen LogP contribution in [0.5, 0.6) is 5.75 Å². The fourth-order valence-corrected chi connectivity index (χ4v) is 1.70. The SMILES string of the molecule is CN(CCn1cccn1)Cc1ccc(O)cc1. The second kappa shape index (κ2) is 5.50. The minimum Gasteiger partial charge on any atom is -0.508 e. The molecule has 0 amide bonds. The maximum atomic E-state index is 9.19. The Hall–Kier alpha value is -1.81. The summed E-state index contributed by atoms with van der Waals surface area (Å²) in [6.45, 7) is 2.71. The molecule has 90 valence electrons. The molecule has 1 aromatic carbocycles. The van der Waals surface area contributed by atoms with Crippen molar-refractivity contribution in [3.8, 4) is 5.75 Å². The lowest BCUT2D eigenvalue weighted by molar-refractivity contribution is 0.305. The number of rotatable bonds is 5. The van der Waals surface area contributed by atoms with Gasteiger partial charge in [-0.2, -0.15) is 5.10 Å². The average molecular weight is 231 g/mol. The minimum absolute atomic E-state index is 0.313. The van der Waals surface area contributed by atoms with Gasteiger partial charge >= 0.3 is 0 Å². The van der Waals surface area contributed by atoms with Crippen LogP contribution < -0.4 is 0 Å². The highest BCUT2D eigenvalue weighted by Crippen LogP contribution is 2.10. The highest BCUT2D eigenvalue weighted by molar-refractivity contribution is 5.25. The van der Waals surface area contributed by atoms with Gasteiger partial charge in [0, 0.05) is 25.5 Å². The first-order valence-electron chi connectivity index (χ1n) is 5.68. The Balaban J connectivity index is 1.80. The molecule has 2 rings (SSSR count). The zero-order chi connectivity index (χ0) is 12.1. The van der Waals surface area contributed by atoms with Crippen LogP contribution in [-0.2, 0) is 13.1 Å². The fourth-order valence-electron chi connectivity index (χ4n) is 1.70. The van der Waals surface area contributed by atoms with Gasteiger partial charge in [0.15, 0.2) is 0 Å². The van der Waals surface area contributed by atoms with Crippen LogP contribution >= 0.6 is 0 Å². The molecule has 0 aliphatic carbocycles. The van der Waals surface area contributed by atoms with E-state index < -0.39 is 0 Å². The maximum Gasteiger partial charge on any atom is 0.115 e. The largest absolute Gasteiger partial charge is 0.508 e. The molecule has 0 unspecified atom stereocenters. The van der Waals surface area contributed by atoms with Crippen LogP contribution in [0, 0.1) is 0 Å². The third kappa shape index (κ3) is 3.60. The summed E-state index contributed by atoms with van der Waals surface area (Å²) in [5, 5.41) is 13.4. The van der Waals surface area contributed by atoms with Gasteiger partial charge in [-0.25, -0.2) is 0 Å². The van der Waals surface area contributed by atoms with Gasteiger partial charge in [-0.05, 0) is 30.8 Å². The number of likely N-dealkylation sites (N-methyl/N-ethyl adjacent to an activating group) is 1. The Labute approximate surface area is 101 Å². The number of phenols is 1. The van der Waals surface area contributed by atoms with Crippen molar-refractivity contribution >= 4 is 0 Å².